The lowest BCUT2D eigenvalue weighted by Crippen LogP contribution is -2.46. The molecule has 7 nitrogen and oxygen atoms in total. The molecule has 2 heterocycles. The van der Waals surface area contributed by atoms with Gasteiger partial charge in [0.2, 0.25) is 5.90 Å². The van der Waals surface area contributed by atoms with Gasteiger partial charge in [0.05, 0.1) is 6.42 Å². The smallest absolute Gasteiger partial charge is 0.449 e. The number of rotatable bonds is 2. The topological polar surface area (TPSA) is 88.4 Å². The Morgan fingerprint density at radius 3 is 2.41 bits per heavy atom. The second kappa shape index (κ2) is 7.29. The first kappa shape index (κ1) is 19.3. The number of hydrogen-bond donors (Lipinski definition) is 1. The summed E-state index contributed by atoms with van der Waals surface area (Å²) < 4.78 is 41.6. The Kier molecular flexibility index (Phi) is 5.22. The summed E-state index contributed by atoms with van der Waals surface area (Å²) in [5.74, 6) is -0.297. The van der Waals surface area contributed by atoms with Crippen LogP contribution in [0.2, 0.25) is 0 Å². The first-order valence-electron chi connectivity index (χ1n) is 7.97. The van der Waals surface area contributed by atoms with Crippen LogP contribution in [0, 0.1) is 0 Å². The van der Waals surface area contributed by atoms with E-state index in [1.165, 1.54) is 24.3 Å². The van der Waals surface area contributed by atoms with Gasteiger partial charge >= 0.3 is 11.7 Å². The summed E-state index contributed by atoms with van der Waals surface area (Å²) >= 11 is -0.234. The number of carboxylic acid groups (broad SMARTS) is 1. The second-order valence-electron chi connectivity index (χ2n) is 6.17. The lowest BCUT2D eigenvalue weighted by molar-refractivity contribution is -0.0568. The third-order valence-electron chi connectivity index (χ3n) is 4.32. The lowest BCUT2D eigenvalue weighted by Gasteiger charge is -2.36. The molecule has 0 aliphatic carbocycles. The Bertz CT molecular complexity index is 758. The van der Waals surface area contributed by atoms with Gasteiger partial charge in [0.25, 0.3) is 5.91 Å². The van der Waals surface area contributed by atoms with Gasteiger partial charge in [0.1, 0.15) is 5.60 Å². The lowest BCUT2D eigenvalue weighted by atomic mass is 9.88. The fourth-order valence-electron chi connectivity index (χ4n) is 3.01. The molecule has 3 rings (SSSR count). The fraction of sp³-hybridized carbons (Fsp3) is 0.438. The van der Waals surface area contributed by atoms with Crippen LogP contribution >= 0.6 is 11.8 Å². The van der Waals surface area contributed by atoms with Gasteiger partial charge in [-0.3, -0.25) is 4.79 Å². The SMILES string of the molecule is O=C(O)OC1=NOC2(CCN(C(=O)c3ccc(SC(F)(F)F)cc3)CC2)C1. The zero-order valence-electron chi connectivity index (χ0n) is 13.9. The molecule has 2 aliphatic heterocycles. The molecule has 146 valence electrons. The van der Waals surface area contributed by atoms with Gasteiger partial charge in [-0.15, -0.1) is 0 Å². The van der Waals surface area contributed by atoms with Crippen molar-refractivity contribution in [1.29, 1.82) is 0 Å². The number of oxime groups is 1. The molecule has 1 fully saturated rings. The van der Waals surface area contributed by atoms with E-state index in [1.54, 1.807) is 4.90 Å². The van der Waals surface area contributed by atoms with Crippen molar-refractivity contribution < 1.29 is 37.4 Å². The highest BCUT2D eigenvalue weighted by atomic mass is 32.2. The Balaban J connectivity index is 1.55. The molecule has 0 unspecified atom stereocenters. The van der Waals surface area contributed by atoms with Gasteiger partial charge in [-0.05, 0) is 36.0 Å². The molecule has 0 saturated carbocycles. The highest BCUT2D eigenvalue weighted by molar-refractivity contribution is 8.00. The van der Waals surface area contributed by atoms with E-state index < -0.39 is 17.3 Å². The Labute approximate surface area is 156 Å². The number of benzene rings is 1. The minimum absolute atomic E-state index is 0.0131. The molecule has 1 N–H and O–H groups in total. The third kappa shape index (κ3) is 4.85. The van der Waals surface area contributed by atoms with Crippen molar-refractivity contribution in [3.05, 3.63) is 29.8 Å². The summed E-state index contributed by atoms with van der Waals surface area (Å²) in [4.78, 5) is 30.0. The molecule has 27 heavy (non-hydrogen) atoms. The number of halogens is 3. The molecule has 2 aliphatic rings. The molecule has 1 aromatic rings. The van der Waals surface area contributed by atoms with Crippen molar-refractivity contribution in [2.24, 2.45) is 5.16 Å². The zero-order valence-corrected chi connectivity index (χ0v) is 14.7. The van der Waals surface area contributed by atoms with Gasteiger partial charge in [-0.2, -0.15) is 13.2 Å². The van der Waals surface area contributed by atoms with E-state index in [2.05, 4.69) is 9.89 Å². The third-order valence-corrected chi connectivity index (χ3v) is 5.06. The molecule has 1 spiro atoms. The largest absolute Gasteiger partial charge is 0.512 e. The molecule has 1 saturated heterocycles. The molecule has 11 heteroatoms. The van der Waals surface area contributed by atoms with Crippen LogP contribution in [-0.4, -0.2) is 52.2 Å². The van der Waals surface area contributed by atoms with Crippen molar-refractivity contribution in [1.82, 2.24) is 4.90 Å². The molecule has 0 atom stereocenters. The average molecular weight is 404 g/mol. The Hall–Kier alpha value is -2.43. The monoisotopic (exact) mass is 404 g/mol. The highest BCUT2D eigenvalue weighted by Gasteiger charge is 2.44. The van der Waals surface area contributed by atoms with E-state index in [9.17, 15) is 22.8 Å². The van der Waals surface area contributed by atoms with E-state index in [1.807, 2.05) is 0 Å². The van der Waals surface area contributed by atoms with E-state index >= 15 is 0 Å². The minimum atomic E-state index is -4.38. The van der Waals surface area contributed by atoms with Crippen molar-refractivity contribution in [2.75, 3.05) is 13.1 Å². The number of ether oxygens (including phenoxy) is 1. The summed E-state index contributed by atoms with van der Waals surface area (Å²) in [6, 6.07) is 5.27. The summed E-state index contributed by atoms with van der Waals surface area (Å²) in [7, 11) is 0. The van der Waals surface area contributed by atoms with Crippen molar-refractivity contribution in [3.63, 3.8) is 0 Å². The van der Waals surface area contributed by atoms with Crippen LogP contribution in [0.15, 0.2) is 34.3 Å². The number of likely N-dealkylation sites (tertiary alicyclic amines) is 1. The average Bonchev–Trinajstić information content (AvgIpc) is 2.96. The minimum Gasteiger partial charge on any atom is -0.449 e. The fourth-order valence-corrected chi connectivity index (χ4v) is 3.55. The summed E-state index contributed by atoms with van der Waals surface area (Å²) in [5, 5.41) is 12.2. The van der Waals surface area contributed by atoms with Gasteiger partial charge in [0, 0.05) is 36.4 Å². The van der Waals surface area contributed by atoms with Gasteiger partial charge < -0.3 is 19.6 Å². The number of amides is 1. The van der Waals surface area contributed by atoms with E-state index in [-0.39, 0.29) is 34.9 Å². The summed E-state index contributed by atoms with van der Waals surface area (Å²) in [6.45, 7) is 0.710. The van der Waals surface area contributed by atoms with Crippen molar-refractivity contribution >= 4 is 29.7 Å². The van der Waals surface area contributed by atoms with Crippen LogP contribution in [-0.2, 0) is 9.57 Å². The number of nitrogens with zero attached hydrogens (tertiary/aromatic N) is 2. The molecule has 0 bridgehead atoms. The van der Waals surface area contributed by atoms with Crippen LogP contribution in [0.4, 0.5) is 18.0 Å². The maximum absolute atomic E-state index is 12.5. The number of hydrogen-bond acceptors (Lipinski definition) is 6. The van der Waals surface area contributed by atoms with Gasteiger partial charge in [-0.1, -0.05) is 5.16 Å². The van der Waals surface area contributed by atoms with Crippen LogP contribution in [0.5, 0.6) is 0 Å². The number of carbonyl (C=O) groups is 2. The van der Waals surface area contributed by atoms with Crippen LogP contribution in [0.3, 0.4) is 0 Å². The van der Waals surface area contributed by atoms with Crippen LogP contribution in [0.1, 0.15) is 29.6 Å². The first-order chi connectivity index (χ1) is 12.7. The molecule has 1 aromatic carbocycles. The molecule has 0 aromatic heterocycles. The van der Waals surface area contributed by atoms with Crippen LogP contribution < -0.4 is 0 Å². The number of thioether (sulfide) groups is 1. The predicted octanol–water partition coefficient (Wildman–Crippen LogP) is 3.70. The standard InChI is InChI=1S/C16H15F3N2O5S/c17-16(18,19)27-11-3-1-10(2-4-11)13(22)21-7-5-15(6-8-21)9-12(20-26-15)25-14(23)24/h1-4H,5-9H2,(H,23,24). The number of alkyl halides is 3. The molecular formula is C16H15F3N2O5S. The second-order valence-corrected chi connectivity index (χ2v) is 7.31. The number of piperidine rings is 1. The predicted molar refractivity (Wildman–Crippen MR) is 88.5 cm³/mol. The van der Waals surface area contributed by atoms with E-state index in [0.717, 1.165) is 0 Å². The van der Waals surface area contributed by atoms with E-state index in [0.29, 0.717) is 31.5 Å². The Morgan fingerprint density at radius 2 is 1.85 bits per heavy atom. The van der Waals surface area contributed by atoms with E-state index in [4.69, 9.17) is 9.94 Å². The van der Waals surface area contributed by atoms with Gasteiger partial charge in [0.15, 0.2) is 0 Å². The summed E-state index contributed by atoms with van der Waals surface area (Å²) in [6.07, 6.45) is -0.368. The van der Waals surface area contributed by atoms with Crippen molar-refractivity contribution in [2.45, 2.75) is 35.3 Å². The molecule has 1 amide bonds. The maximum Gasteiger partial charge on any atom is 0.512 e. The van der Waals surface area contributed by atoms with Gasteiger partial charge in [-0.25, -0.2) is 4.79 Å². The van der Waals surface area contributed by atoms with Crippen molar-refractivity contribution in [3.8, 4) is 0 Å². The first-order valence-corrected chi connectivity index (χ1v) is 8.78. The highest BCUT2D eigenvalue weighted by Crippen LogP contribution is 2.37. The van der Waals surface area contributed by atoms with Crippen LogP contribution in [0.25, 0.3) is 0 Å². The summed E-state index contributed by atoms with van der Waals surface area (Å²) in [5.41, 5.74) is -4.76. The number of carbonyl (C=O) groups excluding carboxylic acids is 1. The molecule has 0 radical (unpaired) electrons. The Morgan fingerprint density at radius 1 is 1.22 bits per heavy atom. The quantitative estimate of drug-likeness (QED) is 0.597. The maximum atomic E-state index is 12.5. The normalized spacial score (nSPS) is 18.8. The molecular weight excluding hydrogens is 389 g/mol. The zero-order chi connectivity index (χ0) is 19.7.